The third kappa shape index (κ3) is 4.67. The normalized spacial score (nSPS) is 12.9. The van der Waals surface area contributed by atoms with E-state index in [-0.39, 0.29) is 12.5 Å². The summed E-state index contributed by atoms with van der Waals surface area (Å²) in [4.78, 5) is 55.4. The van der Waals surface area contributed by atoms with Crippen LogP contribution in [0.5, 0.6) is 5.75 Å². The van der Waals surface area contributed by atoms with Crippen LogP contribution >= 0.6 is 11.3 Å². The fourth-order valence-electron chi connectivity index (χ4n) is 4.56. The summed E-state index contributed by atoms with van der Waals surface area (Å²) in [6, 6.07) is 15.7. The van der Waals surface area contributed by atoms with Crippen LogP contribution in [-0.2, 0) is 29.1 Å². The van der Waals surface area contributed by atoms with Crippen LogP contribution in [0.3, 0.4) is 0 Å². The molecule has 1 aliphatic rings. The van der Waals surface area contributed by atoms with Crippen LogP contribution in [-0.4, -0.2) is 39.0 Å². The van der Waals surface area contributed by atoms with Crippen LogP contribution in [0.1, 0.15) is 24.3 Å². The maximum Gasteiger partial charge on any atom is 0.337 e. The summed E-state index contributed by atoms with van der Waals surface area (Å²) in [7, 11) is 0. The second-order valence-electron chi connectivity index (χ2n) is 8.72. The average molecular weight is 519 g/mol. The van der Waals surface area contributed by atoms with E-state index in [1.165, 1.54) is 22.8 Å². The number of hydrogen-bond acceptors (Lipinski definition) is 6. The van der Waals surface area contributed by atoms with Crippen LogP contribution in [0.2, 0.25) is 0 Å². The molecule has 0 unspecified atom stereocenters. The molecule has 3 heterocycles. The van der Waals surface area contributed by atoms with Crippen molar-refractivity contribution in [1.82, 2.24) is 14.0 Å². The minimum Gasteiger partial charge on any atom is -0.494 e. The van der Waals surface area contributed by atoms with Gasteiger partial charge in [0.1, 0.15) is 17.1 Å². The Morgan fingerprint density at radius 1 is 1.05 bits per heavy atom. The Bertz CT molecular complexity index is 1600. The van der Waals surface area contributed by atoms with E-state index in [9.17, 15) is 19.2 Å². The van der Waals surface area contributed by atoms with Crippen LogP contribution in [0.4, 0.5) is 5.69 Å². The van der Waals surface area contributed by atoms with E-state index >= 15 is 0 Å². The number of carbonyl (C=O) groups is 2. The second kappa shape index (κ2) is 10.1. The Kier molecular flexibility index (Phi) is 6.66. The monoisotopic (exact) mass is 518 g/mol. The largest absolute Gasteiger partial charge is 0.494 e. The summed E-state index contributed by atoms with van der Waals surface area (Å²) in [6.45, 7) is 4.55. The maximum absolute atomic E-state index is 13.7. The average Bonchev–Trinajstić information content (AvgIpc) is 3.27. The third-order valence-electron chi connectivity index (χ3n) is 6.33. The molecule has 4 aromatic rings. The number of aromatic nitrogens is 2. The van der Waals surface area contributed by atoms with Crippen molar-refractivity contribution < 1.29 is 14.3 Å². The number of fused-ring (bicyclic) bond motifs is 3. The molecule has 2 aromatic heterocycles. The lowest BCUT2D eigenvalue weighted by Gasteiger charge is -2.25. The lowest BCUT2D eigenvalue weighted by molar-refractivity contribution is -0.129. The van der Waals surface area contributed by atoms with Gasteiger partial charge in [-0.3, -0.25) is 19.0 Å². The summed E-state index contributed by atoms with van der Waals surface area (Å²) < 4.78 is 7.92. The number of carbonyl (C=O) groups excluding carboxylic acids is 2. The van der Waals surface area contributed by atoms with Crippen LogP contribution < -0.4 is 21.3 Å². The molecule has 2 amide bonds. The van der Waals surface area contributed by atoms with E-state index in [0.29, 0.717) is 53.5 Å². The zero-order valence-corrected chi connectivity index (χ0v) is 21.3. The molecule has 10 heteroatoms. The molecule has 1 N–H and O–H groups in total. The van der Waals surface area contributed by atoms with Gasteiger partial charge in [0.2, 0.25) is 11.8 Å². The minimum absolute atomic E-state index is 0.0445. The summed E-state index contributed by atoms with van der Waals surface area (Å²) in [5, 5.41) is 3.25. The standard InChI is InChI=1S/C27H26N4O5S/c1-3-36-20-11-9-18(10-12-20)28-23(33)16-30-26-24(21-13-14-29(17(2)32)15-22(21)37-26)25(34)31(27(30)35)19-7-5-4-6-8-19/h4-12H,3,13-16H2,1-2H3,(H,28,33). The fraction of sp³-hybridized carbons (Fsp3) is 0.259. The van der Waals surface area contributed by atoms with Crippen LogP contribution in [0.15, 0.2) is 64.2 Å². The highest BCUT2D eigenvalue weighted by molar-refractivity contribution is 7.18. The Hall–Kier alpha value is -4.18. The van der Waals surface area contributed by atoms with Gasteiger partial charge in [-0.2, -0.15) is 0 Å². The molecule has 2 aromatic carbocycles. The highest BCUT2D eigenvalue weighted by atomic mass is 32.1. The lowest BCUT2D eigenvalue weighted by Crippen LogP contribution is -2.40. The van der Waals surface area contributed by atoms with Gasteiger partial charge in [-0.1, -0.05) is 18.2 Å². The van der Waals surface area contributed by atoms with Gasteiger partial charge >= 0.3 is 5.69 Å². The predicted molar refractivity (Wildman–Crippen MR) is 143 cm³/mol. The zero-order chi connectivity index (χ0) is 26.1. The molecule has 9 nitrogen and oxygen atoms in total. The molecule has 0 fully saturated rings. The van der Waals surface area contributed by atoms with Crippen molar-refractivity contribution in [3.8, 4) is 11.4 Å². The lowest BCUT2D eigenvalue weighted by atomic mass is 10.1. The molecule has 0 saturated heterocycles. The molecule has 0 spiro atoms. The molecule has 0 bridgehead atoms. The maximum atomic E-state index is 13.7. The van der Waals surface area contributed by atoms with E-state index < -0.39 is 17.2 Å². The summed E-state index contributed by atoms with van der Waals surface area (Å²) in [6.07, 6.45) is 0.509. The molecule has 1 aliphatic heterocycles. The van der Waals surface area contributed by atoms with E-state index in [4.69, 9.17) is 4.74 Å². The molecule has 0 radical (unpaired) electrons. The molecular formula is C27H26N4O5S. The van der Waals surface area contributed by atoms with E-state index in [1.807, 2.05) is 6.92 Å². The van der Waals surface area contributed by atoms with Gasteiger partial charge < -0.3 is 15.0 Å². The van der Waals surface area contributed by atoms with Gasteiger partial charge in [0.05, 0.1) is 24.2 Å². The number of hydrogen-bond donors (Lipinski definition) is 1. The first-order valence-electron chi connectivity index (χ1n) is 12.0. The Labute approximate surface area is 216 Å². The number of nitrogens with zero attached hydrogens (tertiary/aromatic N) is 3. The van der Waals surface area contributed by atoms with E-state index in [1.54, 1.807) is 59.5 Å². The molecule has 0 aliphatic carbocycles. The van der Waals surface area contributed by atoms with Crippen molar-refractivity contribution in [3.63, 3.8) is 0 Å². The first-order valence-corrected chi connectivity index (χ1v) is 12.8. The van der Waals surface area contributed by atoms with Gasteiger partial charge in [-0.15, -0.1) is 11.3 Å². The Morgan fingerprint density at radius 2 is 1.78 bits per heavy atom. The highest BCUT2D eigenvalue weighted by Crippen LogP contribution is 2.33. The van der Waals surface area contributed by atoms with Crippen LogP contribution in [0.25, 0.3) is 15.9 Å². The molecular weight excluding hydrogens is 492 g/mol. The molecule has 190 valence electrons. The quantitative estimate of drug-likeness (QED) is 0.423. The van der Waals surface area contributed by atoms with Crippen molar-refractivity contribution in [1.29, 1.82) is 0 Å². The van der Waals surface area contributed by atoms with Gasteiger partial charge in [0, 0.05) is 24.0 Å². The molecule has 37 heavy (non-hydrogen) atoms. The summed E-state index contributed by atoms with van der Waals surface area (Å²) >= 11 is 1.29. The predicted octanol–water partition coefficient (Wildman–Crippen LogP) is 3.16. The highest BCUT2D eigenvalue weighted by Gasteiger charge is 2.28. The van der Waals surface area contributed by atoms with Gasteiger partial charge in [0.15, 0.2) is 0 Å². The van der Waals surface area contributed by atoms with Crippen molar-refractivity contribution >= 4 is 39.1 Å². The van der Waals surface area contributed by atoms with Crippen molar-refractivity contribution in [2.75, 3.05) is 18.5 Å². The Morgan fingerprint density at radius 3 is 2.46 bits per heavy atom. The number of rotatable bonds is 6. The SMILES string of the molecule is CCOc1ccc(NC(=O)Cn2c(=O)n(-c3ccccc3)c(=O)c3c4c(sc32)CN(C(C)=O)CC4)cc1. The van der Waals surface area contributed by atoms with Gasteiger partial charge in [-0.05, 0) is 55.3 Å². The number of para-hydroxylation sites is 1. The van der Waals surface area contributed by atoms with Crippen LogP contribution in [0, 0.1) is 0 Å². The second-order valence-corrected chi connectivity index (χ2v) is 9.81. The smallest absolute Gasteiger partial charge is 0.337 e. The number of benzene rings is 2. The first kappa shape index (κ1) is 24.5. The minimum atomic E-state index is -0.590. The van der Waals surface area contributed by atoms with Crippen molar-refractivity contribution in [3.05, 3.63) is 85.9 Å². The number of thiophene rings is 1. The molecule has 0 saturated carbocycles. The topological polar surface area (TPSA) is 103 Å². The van der Waals surface area contributed by atoms with E-state index in [2.05, 4.69) is 5.32 Å². The van der Waals surface area contributed by atoms with Gasteiger partial charge in [0.25, 0.3) is 5.56 Å². The van der Waals surface area contributed by atoms with E-state index in [0.717, 1.165) is 15.0 Å². The summed E-state index contributed by atoms with van der Waals surface area (Å²) in [5.41, 5.74) is 0.835. The van der Waals surface area contributed by atoms with Gasteiger partial charge in [-0.25, -0.2) is 9.36 Å². The summed E-state index contributed by atoms with van der Waals surface area (Å²) in [5.74, 6) is 0.247. The third-order valence-corrected chi connectivity index (χ3v) is 7.57. The molecule has 0 atom stereocenters. The fourth-order valence-corrected chi connectivity index (χ4v) is 5.91. The van der Waals surface area contributed by atoms with Crippen molar-refractivity contribution in [2.45, 2.75) is 33.4 Å². The number of nitrogens with one attached hydrogen (secondary N) is 1. The Balaban J connectivity index is 1.59. The first-order chi connectivity index (χ1) is 17.9. The number of amides is 2. The van der Waals surface area contributed by atoms with Crippen molar-refractivity contribution in [2.24, 2.45) is 0 Å². The number of anilines is 1. The zero-order valence-electron chi connectivity index (χ0n) is 20.5. The number of ether oxygens (including phenoxy) is 1. The molecule has 5 rings (SSSR count).